The van der Waals surface area contributed by atoms with E-state index in [9.17, 15) is 9.90 Å². The van der Waals surface area contributed by atoms with Crippen molar-refractivity contribution < 1.29 is 14.6 Å². The number of ether oxygens (including phenoxy) is 1. The molecule has 0 radical (unpaired) electrons. The molecule has 5 rings (SSSR count). The van der Waals surface area contributed by atoms with E-state index in [0.717, 1.165) is 55.4 Å². The Labute approximate surface area is 192 Å². The Bertz CT molecular complexity index is 1100. The van der Waals surface area contributed by atoms with Gasteiger partial charge in [-0.2, -0.15) is 0 Å². The number of carbonyl (C=O) groups excluding carboxylic acids is 1. The zero-order chi connectivity index (χ0) is 22.8. The molecule has 2 aromatic heterocycles. The molecule has 0 aliphatic carbocycles. The fraction of sp³-hybridized carbons (Fsp3) is 0.417. The lowest BCUT2D eigenvalue weighted by Crippen LogP contribution is -2.50. The van der Waals surface area contributed by atoms with Crippen LogP contribution in [0, 0.1) is 0 Å². The van der Waals surface area contributed by atoms with Crippen LogP contribution in [0.4, 0.5) is 0 Å². The fourth-order valence-electron chi connectivity index (χ4n) is 4.42. The zero-order valence-corrected chi connectivity index (χ0v) is 18.8. The minimum atomic E-state index is -0.939. The smallest absolute Gasteiger partial charge is 0.251 e. The van der Waals surface area contributed by atoms with E-state index < -0.39 is 6.10 Å². The monoisotopic (exact) mass is 450 g/mol. The molecule has 3 aromatic rings. The summed E-state index contributed by atoms with van der Waals surface area (Å²) >= 11 is 0. The molecule has 2 aliphatic heterocycles. The van der Waals surface area contributed by atoms with Crippen LogP contribution >= 0.6 is 0 Å². The molecule has 0 saturated carbocycles. The number of imidazole rings is 1. The van der Waals surface area contributed by atoms with Crippen molar-refractivity contribution >= 4 is 11.6 Å². The molecule has 2 saturated heterocycles. The average Bonchev–Trinajstić information content (AvgIpc) is 3.49. The Morgan fingerprint density at radius 1 is 1.12 bits per heavy atom. The largest absolute Gasteiger partial charge is 0.456 e. The van der Waals surface area contributed by atoms with Crippen LogP contribution in [0.3, 0.4) is 0 Å². The topological polar surface area (TPSA) is 94.4 Å². The number of carbonyl (C=O) groups is 1. The number of hydrogen-bond donors (Lipinski definition) is 3. The second kappa shape index (κ2) is 9.48. The minimum absolute atomic E-state index is 0.197. The SMILES string of the molecule is C[C@@H](O)C(=O)N1CCN(Cc2cn3cc(Oc4ccc(C5CCNN5)cc4)ccc3n2)CC1. The predicted octanol–water partition coefficient (Wildman–Crippen LogP) is 1.69. The van der Waals surface area contributed by atoms with Crippen LogP contribution in [0.1, 0.15) is 30.6 Å². The quantitative estimate of drug-likeness (QED) is 0.526. The number of aliphatic hydroxyl groups is 1. The lowest BCUT2D eigenvalue weighted by atomic mass is 10.1. The molecule has 1 unspecified atom stereocenters. The Morgan fingerprint density at radius 3 is 2.58 bits per heavy atom. The summed E-state index contributed by atoms with van der Waals surface area (Å²) < 4.78 is 8.05. The summed E-state index contributed by atoms with van der Waals surface area (Å²) in [6, 6.07) is 12.4. The number of aromatic nitrogens is 2. The number of aliphatic hydroxyl groups excluding tert-OH is 1. The Kier molecular flexibility index (Phi) is 6.28. The van der Waals surface area contributed by atoms with Crippen LogP contribution < -0.4 is 15.6 Å². The van der Waals surface area contributed by atoms with Gasteiger partial charge in [-0.05, 0) is 43.2 Å². The van der Waals surface area contributed by atoms with E-state index in [1.807, 2.05) is 41.1 Å². The van der Waals surface area contributed by atoms with Crippen molar-refractivity contribution in [3.05, 3.63) is 60.0 Å². The van der Waals surface area contributed by atoms with Gasteiger partial charge in [0.05, 0.1) is 11.9 Å². The molecule has 2 atom stereocenters. The Balaban J connectivity index is 1.20. The number of nitrogens with zero attached hydrogens (tertiary/aromatic N) is 4. The number of hydrogen-bond acceptors (Lipinski definition) is 7. The highest BCUT2D eigenvalue weighted by molar-refractivity contribution is 5.80. The van der Waals surface area contributed by atoms with E-state index in [0.29, 0.717) is 19.1 Å². The lowest BCUT2D eigenvalue weighted by molar-refractivity contribution is -0.141. The van der Waals surface area contributed by atoms with Gasteiger partial charge in [0.2, 0.25) is 0 Å². The summed E-state index contributed by atoms with van der Waals surface area (Å²) in [7, 11) is 0. The summed E-state index contributed by atoms with van der Waals surface area (Å²) in [6.45, 7) is 6.01. The first-order valence-electron chi connectivity index (χ1n) is 11.5. The van der Waals surface area contributed by atoms with Crippen molar-refractivity contribution in [1.82, 2.24) is 30.0 Å². The number of benzene rings is 1. The molecule has 0 spiro atoms. The maximum atomic E-state index is 11.9. The fourth-order valence-corrected chi connectivity index (χ4v) is 4.42. The van der Waals surface area contributed by atoms with Crippen molar-refractivity contribution in [2.75, 3.05) is 32.7 Å². The molecule has 0 bridgehead atoms. The van der Waals surface area contributed by atoms with Crippen molar-refractivity contribution in [1.29, 1.82) is 0 Å². The van der Waals surface area contributed by atoms with Gasteiger partial charge in [-0.1, -0.05) is 12.1 Å². The van der Waals surface area contributed by atoms with Gasteiger partial charge in [0, 0.05) is 51.5 Å². The maximum Gasteiger partial charge on any atom is 0.251 e. The predicted molar refractivity (Wildman–Crippen MR) is 124 cm³/mol. The van der Waals surface area contributed by atoms with E-state index in [1.165, 1.54) is 12.5 Å². The Hall–Kier alpha value is -2.98. The third-order valence-corrected chi connectivity index (χ3v) is 6.25. The molecule has 9 nitrogen and oxygen atoms in total. The zero-order valence-electron chi connectivity index (χ0n) is 18.8. The van der Waals surface area contributed by atoms with Gasteiger partial charge in [-0.3, -0.25) is 20.5 Å². The first kappa shape index (κ1) is 21.8. The average molecular weight is 451 g/mol. The Morgan fingerprint density at radius 2 is 1.88 bits per heavy atom. The first-order valence-corrected chi connectivity index (χ1v) is 11.5. The van der Waals surface area contributed by atoms with Crippen molar-refractivity contribution in [2.24, 2.45) is 0 Å². The number of nitrogens with one attached hydrogen (secondary N) is 2. The number of pyridine rings is 1. The molecular formula is C24H30N6O3. The molecular weight excluding hydrogens is 420 g/mol. The van der Waals surface area contributed by atoms with Crippen molar-refractivity contribution in [3.63, 3.8) is 0 Å². The second-order valence-electron chi connectivity index (χ2n) is 8.72. The van der Waals surface area contributed by atoms with E-state index in [4.69, 9.17) is 9.72 Å². The number of hydrazine groups is 1. The van der Waals surface area contributed by atoms with Gasteiger partial charge < -0.3 is 19.1 Å². The van der Waals surface area contributed by atoms with Gasteiger partial charge in [0.1, 0.15) is 23.3 Å². The summed E-state index contributed by atoms with van der Waals surface area (Å²) in [5.74, 6) is 1.36. The van der Waals surface area contributed by atoms with Crippen molar-refractivity contribution in [2.45, 2.75) is 32.0 Å². The highest BCUT2D eigenvalue weighted by Crippen LogP contribution is 2.26. The molecule has 174 valence electrons. The van der Waals surface area contributed by atoms with E-state index in [2.05, 4.69) is 27.9 Å². The third kappa shape index (κ3) is 5.01. The molecule has 4 heterocycles. The van der Waals surface area contributed by atoms with Crippen LogP contribution in [0.2, 0.25) is 0 Å². The van der Waals surface area contributed by atoms with Crippen molar-refractivity contribution in [3.8, 4) is 11.5 Å². The molecule has 2 fully saturated rings. The van der Waals surface area contributed by atoms with Gasteiger partial charge in [0.15, 0.2) is 0 Å². The van der Waals surface area contributed by atoms with Gasteiger partial charge in [-0.15, -0.1) is 0 Å². The lowest BCUT2D eigenvalue weighted by Gasteiger charge is -2.34. The van der Waals surface area contributed by atoms with Crippen LogP contribution in [0.5, 0.6) is 11.5 Å². The molecule has 1 aromatic carbocycles. The third-order valence-electron chi connectivity index (χ3n) is 6.25. The number of rotatable bonds is 6. The van der Waals surface area contributed by atoms with Crippen LogP contribution in [0.25, 0.3) is 5.65 Å². The summed E-state index contributed by atoms with van der Waals surface area (Å²) in [6.07, 6.45) is 4.11. The first-order chi connectivity index (χ1) is 16.0. The van der Waals surface area contributed by atoms with Gasteiger partial charge in [0.25, 0.3) is 5.91 Å². The van der Waals surface area contributed by atoms with E-state index >= 15 is 0 Å². The van der Waals surface area contributed by atoms with E-state index in [-0.39, 0.29) is 5.91 Å². The number of fused-ring (bicyclic) bond motifs is 1. The van der Waals surface area contributed by atoms with Crippen LogP contribution in [-0.2, 0) is 11.3 Å². The summed E-state index contributed by atoms with van der Waals surface area (Å²) in [4.78, 5) is 20.7. The highest BCUT2D eigenvalue weighted by atomic mass is 16.5. The van der Waals surface area contributed by atoms with Crippen LogP contribution in [0.15, 0.2) is 48.8 Å². The number of piperazine rings is 1. The molecule has 1 amide bonds. The normalized spacial score (nSPS) is 20.3. The maximum absolute atomic E-state index is 11.9. The highest BCUT2D eigenvalue weighted by Gasteiger charge is 2.24. The molecule has 2 aliphatic rings. The number of amides is 1. The summed E-state index contributed by atoms with van der Waals surface area (Å²) in [5, 5.41) is 9.49. The van der Waals surface area contributed by atoms with Gasteiger partial charge >= 0.3 is 0 Å². The molecule has 9 heteroatoms. The molecule has 3 N–H and O–H groups in total. The standard InChI is InChI=1S/C24H30N6O3/c1-17(31)24(32)29-12-10-28(11-13-29)14-19-15-30-16-21(6-7-23(30)26-19)33-20-4-2-18(3-5-20)22-8-9-25-27-22/h2-7,15-17,22,25,27,31H,8-14H2,1H3/t17-,22?/m1/s1. The molecule has 33 heavy (non-hydrogen) atoms. The second-order valence-corrected chi connectivity index (χ2v) is 8.72. The van der Waals surface area contributed by atoms with Crippen LogP contribution in [-0.4, -0.2) is 69.0 Å². The minimum Gasteiger partial charge on any atom is -0.456 e. The summed E-state index contributed by atoms with van der Waals surface area (Å²) in [5.41, 5.74) is 9.53. The van der Waals surface area contributed by atoms with E-state index in [1.54, 1.807) is 4.90 Å². The van der Waals surface area contributed by atoms with Gasteiger partial charge in [-0.25, -0.2) is 4.98 Å².